The van der Waals surface area contributed by atoms with Gasteiger partial charge in [-0.3, -0.25) is 14.4 Å². The molecule has 1 aromatic heterocycles. The maximum absolute atomic E-state index is 13.9. The summed E-state index contributed by atoms with van der Waals surface area (Å²) in [6.45, 7) is 0.829. The highest BCUT2D eigenvalue weighted by Crippen LogP contribution is 2.29. The number of nitrogens with one attached hydrogen (secondary N) is 3. The lowest BCUT2D eigenvalue weighted by atomic mass is 9.91. The number of aromatic nitrogens is 1. The van der Waals surface area contributed by atoms with Crippen molar-refractivity contribution in [1.29, 1.82) is 0 Å². The average molecular weight is 608 g/mol. The molecule has 3 aromatic carbocycles. The van der Waals surface area contributed by atoms with E-state index in [1.807, 2.05) is 48.5 Å². The number of hydrogen-bond donors (Lipinski definition) is 3. The highest BCUT2D eigenvalue weighted by atomic mass is 19.1. The minimum Gasteiger partial charge on any atom is -0.462 e. The van der Waals surface area contributed by atoms with E-state index in [2.05, 4.69) is 15.6 Å². The molecule has 6 rings (SSSR count). The molecule has 230 valence electrons. The normalized spacial score (nSPS) is 18.5. The Morgan fingerprint density at radius 3 is 2.56 bits per heavy atom. The third-order valence-electron chi connectivity index (χ3n) is 8.56. The van der Waals surface area contributed by atoms with E-state index in [0.29, 0.717) is 42.6 Å². The molecule has 0 aliphatic carbocycles. The number of fused-ring (bicyclic) bond motifs is 1. The Hall–Kier alpha value is -5.05. The summed E-state index contributed by atoms with van der Waals surface area (Å²) in [5.74, 6) is -2.65. The first-order chi connectivity index (χ1) is 21.8. The quantitative estimate of drug-likeness (QED) is 0.122. The van der Waals surface area contributed by atoms with Crippen LogP contribution in [-0.2, 0) is 25.5 Å². The lowest BCUT2D eigenvalue weighted by Gasteiger charge is -2.22. The number of halogens is 1. The summed E-state index contributed by atoms with van der Waals surface area (Å²) in [6.07, 6.45) is 3.14. The zero-order chi connectivity index (χ0) is 31.3. The lowest BCUT2D eigenvalue weighted by Crippen LogP contribution is -2.41. The number of H-pyrrole nitrogens is 1. The molecule has 45 heavy (non-hydrogen) atoms. The van der Waals surface area contributed by atoms with Crippen molar-refractivity contribution in [3.8, 4) is 11.3 Å². The van der Waals surface area contributed by atoms with E-state index in [1.165, 1.54) is 12.1 Å². The summed E-state index contributed by atoms with van der Waals surface area (Å²) in [6, 6.07) is 22.8. The van der Waals surface area contributed by atoms with Crippen molar-refractivity contribution in [3.63, 3.8) is 0 Å². The molecule has 2 fully saturated rings. The predicted molar refractivity (Wildman–Crippen MR) is 168 cm³/mol. The Labute approximate surface area is 260 Å². The van der Waals surface area contributed by atoms with Gasteiger partial charge in [0.05, 0.1) is 12.3 Å². The van der Waals surface area contributed by atoms with Crippen LogP contribution in [0, 0.1) is 17.7 Å². The third kappa shape index (κ3) is 7.03. The minimum atomic E-state index is -0.791. The third-order valence-corrected chi connectivity index (χ3v) is 8.56. The smallest absolute Gasteiger partial charge is 0.333 e. The zero-order valence-corrected chi connectivity index (χ0v) is 24.7. The first-order valence-corrected chi connectivity index (χ1v) is 15.2. The zero-order valence-electron chi connectivity index (χ0n) is 24.7. The van der Waals surface area contributed by atoms with E-state index in [1.54, 1.807) is 24.3 Å². The van der Waals surface area contributed by atoms with Gasteiger partial charge in [-0.15, -0.1) is 0 Å². The second kappa shape index (κ2) is 13.3. The molecule has 3 atom stereocenters. The highest BCUT2D eigenvalue weighted by Gasteiger charge is 2.31. The number of Topliss-reactive ketones (excluding diaryl/α,β-unsaturated/α-hetero) is 1. The van der Waals surface area contributed by atoms with Crippen LogP contribution in [0.3, 0.4) is 0 Å². The molecular formula is C36H34FN3O5. The summed E-state index contributed by atoms with van der Waals surface area (Å²) in [4.78, 5) is 55.4. The first kappa shape index (κ1) is 30.0. The molecule has 2 amide bonds. The van der Waals surface area contributed by atoms with Crippen LogP contribution in [0.5, 0.6) is 0 Å². The van der Waals surface area contributed by atoms with E-state index in [4.69, 9.17) is 4.74 Å². The van der Waals surface area contributed by atoms with Crippen molar-refractivity contribution in [2.24, 2.45) is 11.8 Å². The number of hydrogen-bond acceptors (Lipinski definition) is 5. The number of ether oxygens (including phenoxy) is 1. The van der Waals surface area contributed by atoms with E-state index < -0.39 is 23.7 Å². The highest BCUT2D eigenvalue weighted by molar-refractivity contribution is 6.00. The maximum atomic E-state index is 13.9. The molecule has 4 aromatic rings. The van der Waals surface area contributed by atoms with Crippen LogP contribution in [0.4, 0.5) is 4.39 Å². The van der Waals surface area contributed by atoms with Gasteiger partial charge in [0, 0.05) is 54.1 Å². The molecule has 9 heteroatoms. The molecule has 0 bridgehead atoms. The summed E-state index contributed by atoms with van der Waals surface area (Å²) in [5, 5.41) is 7.96. The van der Waals surface area contributed by atoms with E-state index in [0.717, 1.165) is 22.0 Å². The van der Waals surface area contributed by atoms with Gasteiger partial charge in [-0.05, 0) is 59.9 Å². The number of ketones is 1. The van der Waals surface area contributed by atoms with Crippen LogP contribution in [0.15, 0.2) is 90.5 Å². The van der Waals surface area contributed by atoms with Crippen LogP contribution in [0.25, 0.3) is 22.0 Å². The Kier molecular flexibility index (Phi) is 8.86. The summed E-state index contributed by atoms with van der Waals surface area (Å²) in [7, 11) is 0. The van der Waals surface area contributed by atoms with Gasteiger partial charge in [-0.2, -0.15) is 0 Å². The molecular weight excluding hydrogens is 573 g/mol. The van der Waals surface area contributed by atoms with Crippen molar-refractivity contribution >= 4 is 34.3 Å². The van der Waals surface area contributed by atoms with Gasteiger partial charge in [-0.25, -0.2) is 9.18 Å². The van der Waals surface area contributed by atoms with Crippen molar-refractivity contribution in [2.75, 3.05) is 13.2 Å². The summed E-state index contributed by atoms with van der Waals surface area (Å²) >= 11 is 0. The number of rotatable bonds is 11. The molecule has 0 spiro atoms. The van der Waals surface area contributed by atoms with Gasteiger partial charge < -0.3 is 20.4 Å². The number of esters is 1. The Bertz CT molecular complexity index is 1770. The fourth-order valence-electron chi connectivity index (χ4n) is 6.16. The van der Waals surface area contributed by atoms with Crippen LogP contribution in [-0.4, -0.2) is 47.7 Å². The standard InChI is InChI=1S/C36H34FN3O5/c37-27-10-8-22(9-11-27)18-26(35(43)39-28(19-24-14-16-38-34(24)42)20-25-15-17-45-36(25)44)21-33(41)32-13-12-31(40-32)30-7-3-5-23-4-1-2-6-29(23)30/h1-13,20,24,26,28,40H,14-19,21H2,(H,38,42)(H,39,43)/b25-20+/t24-,26?,28-/m0/s1. The first-order valence-electron chi connectivity index (χ1n) is 15.2. The Balaban J connectivity index is 1.24. The average Bonchev–Trinajstić information content (AvgIpc) is 3.80. The van der Waals surface area contributed by atoms with Gasteiger partial charge >= 0.3 is 5.97 Å². The topological polar surface area (TPSA) is 117 Å². The predicted octanol–water partition coefficient (Wildman–Crippen LogP) is 5.29. The second-order valence-corrected chi connectivity index (χ2v) is 11.7. The van der Waals surface area contributed by atoms with E-state index >= 15 is 0 Å². The molecule has 0 saturated carbocycles. The number of benzene rings is 3. The van der Waals surface area contributed by atoms with E-state index in [-0.39, 0.29) is 43.0 Å². The van der Waals surface area contributed by atoms with Gasteiger partial charge in [0.25, 0.3) is 0 Å². The number of carbonyl (C=O) groups excluding carboxylic acids is 4. The number of aromatic amines is 1. The minimum absolute atomic E-state index is 0.0894. The Morgan fingerprint density at radius 2 is 1.80 bits per heavy atom. The van der Waals surface area contributed by atoms with Gasteiger partial charge in [0.2, 0.25) is 11.8 Å². The number of cyclic esters (lactones) is 1. The second-order valence-electron chi connectivity index (χ2n) is 11.7. The summed E-state index contributed by atoms with van der Waals surface area (Å²) in [5.41, 5.74) is 3.29. The maximum Gasteiger partial charge on any atom is 0.333 e. The van der Waals surface area contributed by atoms with E-state index in [9.17, 15) is 23.6 Å². The van der Waals surface area contributed by atoms with Crippen LogP contribution < -0.4 is 10.6 Å². The molecule has 2 aliphatic heterocycles. The largest absolute Gasteiger partial charge is 0.462 e. The molecule has 3 heterocycles. The molecule has 0 radical (unpaired) electrons. The molecule has 8 nitrogen and oxygen atoms in total. The van der Waals surface area contributed by atoms with Crippen molar-refractivity contribution in [3.05, 3.63) is 108 Å². The molecule has 2 aliphatic rings. The van der Waals surface area contributed by atoms with Crippen molar-refractivity contribution < 1.29 is 28.3 Å². The van der Waals surface area contributed by atoms with Crippen molar-refractivity contribution in [1.82, 2.24) is 15.6 Å². The van der Waals surface area contributed by atoms with Crippen LogP contribution in [0.1, 0.15) is 41.7 Å². The Morgan fingerprint density at radius 1 is 1.00 bits per heavy atom. The molecule has 3 N–H and O–H groups in total. The summed E-state index contributed by atoms with van der Waals surface area (Å²) < 4.78 is 18.7. The van der Waals surface area contributed by atoms with Crippen molar-refractivity contribution in [2.45, 2.75) is 38.1 Å². The monoisotopic (exact) mass is 607 g/mol. The fraction of sp³-hybridized carbons (Fsp3) is 0.278. The number of amides is 2. The molecule has 2 saturated heterocycles. The van der Waals surface area contributed by atoms with Gasteiger partial charge in [0.15, 0.2) is 5.78 Å². The SMILES string of the molecule is O=C1OCC/C1=C\[C@H](C[C@@H]1CCNC1=O)NC(=O)C(CC(=O)c1ccc(-c2cccc3ccccc23)[nH]1)Cc1ccc(F)cc1. The fourth-order valence-corrected chi connectivity index (χ4v) is 6.16. The van der Waals surface area contributed by atoms with Crippen LogP contribution in [0.2, 0.25) is 0 Å². The van der Waals surface area contributed by atoms with Gasteiger partial charge in [0.1, 0.15) is 5.82 Å². The van der Waals surface area contributed by atoms with Crippen LogP contribution >= 0.6 is 0 Å². The van der Waals surface area contributed by atoms with Gasteiger partial charge in [-0.1, -0.05) is 60.7 Å². The molecule has 1 unspecified atom stereocenters. The number of carbonyl (C=O) groups is 4. The lowest BCUT2D eigenvalue weighted by molar-refractivity contribution is -0.135.